The molecule has 0 radical (unpaired) electrons. The van der Waals surface area contributed by atoms with Crippen LogP contribution < -0.4 is 29.9 Å². The lowest BCUT2D eigenvalue weighted by molar-refractivity contribution is 0.414. The maximum absolute atomic E-state index is 8.44. The molecule has 21 nitrogen and oxygen atoms in total. The smallest absolute Gasteiger partial charge is 0.425 e. The molecule has 0 fully saturated rings. The summed E-state index contributed by atoms with van der Waals surface area (Å²) in [7, 11) is -2.90. The molecule has 2 N–H and O–H groups in total. The summed E-state index contributed by atoms with van der Waals surface area (Å²) in [6.45, 7) is 11.5. The molecule has 366 valence electrons. The standard InChI is InChI=1S/C42H43N13O2S5.2O3S/c1-7-54(8-2)32-20-28(30(22-34(32)56-5)48-50-36-26-16-18-58-38(26)52-61-36)43-40-45-41(47-42(46-40)60-24-25-14-12-11-13-15-25)44-29-21-33(55(9-3)10-4)35(57-6)23-31(29)49-51-37-27-17-19-59-39(27)53-62-37;2*1-4(2)3/h11-23H,7-10,24H2,1-6H3,(H2,43,44,45,46,47);;. The number of rotatable bonds is 19. The van der Waals surface area contributed by atoms with Crippen LogP contribution in [0, 0.1) is 0 Å². The van der Waals surface area contributed by atoms with Crippen molar-refractivity contribution in [2.24, 2.45) is 20.5 Å². The number of benzene rings is 3. The summed E-state index contributed by atoms with van der Waals surface area (Å²) in [6.07, 6.45) is 0. The minimum atomic E-state index is -3.11. The van der Waals surface area contributed by atoms with Crippen molar-refractivity contribution in [3.8, 4) is 11.5 Å². The van der Waals surface area contributed by atoms with Gasteiger partial charge in [0.05, 0.1) is 47.7 Å². The maximum Gasteiger partial charge on any atom is 0.425 e. The fourth-order valence-electron chi connectivity index (χ4n) is 6.61. The third-order valence-corrected chi connectivity index (χ3v) is 14.1. The molecule has 3 aromatic carbocycles. The van der Waals surface area contributed by atoms with E-state index in [-0.39, 0.29) is 0 Å². The number of anilines is 6. The van der Waals surface area contributed by atoms with Gasteiger partial charge in [0.15, 0.2) is 15.2 Å². The monoisotopic (exact) mass is 1080 g/mol. The Morgan fingerprint density at radius 1 is 0.600 bits per heavy atom. The van der Waals surface area contributed by atoms with Gasteiger partial charge in [-0.25, -0.2) is 0 Å². The molecule has 0 aliphatic rings. The number of aromatic nitrogens is 5. The van der Waals surface area contributed by atoms with Crippen LogP contribution in [-0.2, 0) is 27.0 Å². The summed E-state index contributed by atoms with van der Waals surface area (Å²) >= 11 is 7.28. The maximum atomic E-state index is 8.44. The van der Waals surface area contributed by atoms with Crippen molar-refractivity contribution >= 4 is 155 Å². The molecule has 0 unspecified atom stereocenters. The normalized spacial score (nSPS) is 11.0. The number of thioether (sulfide) groups is 1. The summed E-state index contributed by atoms with van der Waals surface area (Å²) in [5.41, 5.74) is 5.24. The molecule has 0 aliphatic carbocycles. The Morgan fingerprint density at radius 3 is 1.43 bits per heavy atom. The predicted molar refractivity (Wildman–Crippen MR) is 278 cm³/mol. The van der Waals surface area contributed by atoms with Gasteiger partial charge in [-0.05, 0) is 91.3 Å². The molecule has 8 aromatic rings. The Bertz CT molecular complexity index is 3120. The number of hydrogen-bond acceptors (Lipinski definition) is 26. The van der Waals surface area contributed by atoms with Crippen LogP contribution in [-0.4, -0.2) is 89.4 Å². The molecule has 0 spiro atoms. The van der Waals surface area contributed by atoms with Crippen molar-refractivity contribution < 1.29 is 34.7 Å². The van der Waals surface area contributed by atoms with Gasteiger partial charge in [-0.1, -0.05) is 42.1 Å². The highest BCUT2D eigenvalue weighted by atomic mass is 32.2. The number of methoxy groups -OCH3 is 2. The Labute approximate surface area is 425 Å². The topological polar surface area (TPSA) is 265 Å². The molecule has 28 heteroatoms. The van der Waals surface area contributed by atoms with Gasteiger partial charge >= 0.3 is 21.2 Å². The third-order valence-electron chi connectivity index (χ3n) is 9.80. The molecule has 5 aromatic heterocycles. The van der Waals surface area contributed by atoms with Crippen molar-refractivity contribution in [3.63, 3.8) is 0 Å². The average Bonchev–Trinajstić information content (AvgIpc) is 4.17. The fraction of sp³-hybridized carbons (Fsp3) is 0.262. The first-order valence-corrected chi connectivity index (χ1v) is 27.1. The first kappa shape index (κ1) is 52.8. The second kappa shape index (κ2) is 25.9. The van der Waals surface area contributed by atoms with Gasteiger partial charge in [0.25, 0.3) is 0 Å². The second-order valence-corrected chi connectivity index (χ2v) is 18.8. The lowest BCUT2D eigenvalue weighted by atomic mass is 10.2. The van der Waals surface area contributed by atoms with Gasteiger partial charge in [0.2, 0.25) is 11.9 Å². The van der Waals surface area contributed by atoms with Gasteiger partial charge in [-0.3, -0.25) is 0 Å². The van der Waals surface area contributed by atoms with Crippen LogP contribution in [0.15, 0.2) is 103 Å². The Morgan fingerprint density at radius 2 is 1.03 bits per heavy atom. The first-order valence-electron chi connectivity index (χ1n) is 20.8. The minimum Gasteiger partial charge on any atom is -0.494 e. The van der Waals surface area contributed by atoms with E-state index in [2.05, 4.69) is 79.2 Å². The van der Waals surface area contributed by atoms with Crippen molar-refractivity contribution in [3.05, 3.63) is 83.1 Å². The summed E-state index contributed by atoms with van der Waals surface area (Å²) in [6, 6.07) is 22.0. The highest BCUT2D eigenvalue weighted by molar-refractivity contribution is 7.98. The molecule has 8 rings (SSSR count). The molecule has 0 aliphatic heterocycles. The largest absolute Gasteiger partial charge is 0.494 e. The fourth-order valence-corrected chi connectivity index (χ4v) is 10.6. The molecule has 0 saturated heterocycles. The number of azo groups is 2. The molecule has 0 amide bonds. The molecular formula is C42H43N13O8S7. The van der Waals surface area contributed by atoms with Crippen molar-refractivity contribution in [1.82, 2.24) is 23.7 Å². The van der Waals surface area contributed by atoms with E-state index < -0.39 is 21.2 Å². The van der Waals surface area contributed by atoms with E-state index in [4.69, 9.17) is 59.9 Å². The summed E-state index contributed by atoms with van der Waals surface area (Å²) in [5.74, 6) is 2.57. The van der Waals surface area contributed by atoms with Gasteiger partial charge in [0.1, 0.15) is 32.5 Å². The molecular weight excluding hydrogens is 1040 g/mol. The molecule has 0 atom stereocenters. The third kappa shape index (κ3) is 14.0. The Kier molecular flexibility index (Phi) is 19.5. The van der Waals surface area contributed by atoms with E-state index in [0.29, 0.717) is 57.1 Å². The van der Waals surface area contributed by atoms with Crippen LogP contribution in [0.1, 0.15) is 33.3 Å². The number of fused-ring (bicyclic) bond motifs is 2. The minimum absolute atomic E-state index is 0.299. The van der Waals surface area contributed by atoms with Gasteiger partial charge < -0.3 is 29.9 Å². The van der Waals surface area contributed by atoms with Gasteiger partial charge in [-0.2, -0.15) is 23.7 Å². The van der Waals surface area contributed by atoms with E-state index in [9.17, 15) is 0 Å². The summed E-state index contributed by atoms with van der Waals surface area (Å²) in [5, 5.41) is 33.7. The molecule has 5 heterocycles. The van der Waals surface area contributed by atoms with E-state index in [1.165, 1.54) is 34.8 Å². The van der Waals surface area contributed by atoms with E-state index >= 15 is 0 Å². The number of nitrogens with zero attached hydrogens (tertiary/aromatic N) is 11. The highest BCUT2D eigenvalue weighted by Crippen LogP contribution is 2.44. The van der Waals surface area contributed by atoms with Crippen LogP contribution in [0.5, 0.6) is 11.5 Å². The van der Waals surface area contributed by atoms with Gasteiger partial charge in [-0.15, -0.1) is 68.4 Å². The van der Waals surface area contributed by atoms with Crippen LogP contribution in [0.2, 0.25) is 0 Å². The molecule has 70 heavy (non-hydrogen) atoms. The van der Waals surface area contributed by atoms with Gasteiger partial charge in [0, 0.05) is 44.1 Å². The lowest BCUT2D eigenvalue weighted by Crippen LogP contribution is -2.22. The SMILES string of the molecule is CCN(CC)c1cc(Nc2nc(Nc3cc(N(CC)CC)c(OC)cc3N=Nc3snc4sccc34)nc(SCc3ccccc3)n2)c(N=Nc2snc3sccc23)cc1OC.O=S(=O)=O.O=S(=O)=O. The van der Waals surface area contributed by atoms with E-state index in [1.54, 1.807) is 36.9 Å². The Balaban J connectivity index is 0.000000934. The zero-order valence-corrected chi connectivity index (χ0v) is 43.8. The lowest BCUT2D eigenvalue weighted by Gasteiger charge is -2.25. The Hall–Kier alpha value is -6.56. The number of hydrogen-bond donors (Lipinski definition) is 2. The van der Waals surface area contributed by atoms with Crippen LogP contribution >= 0.6 is 57.5 Å². The molecule has 0 saturated carbocycles. The van der Waals surface area contributed by atoms with Crippen molar-refractivity contribution in [1.29, 1.82) is 0 Å². The van der Waals surface area contributed by atoms with Crippen molar-refractivity contribution in [2.45, 2.75) is 38.6 Å². The molecule has 0 bridgehead atoms. The van der Waals surface area contributed by atoms with Crippen LogP contribution in [0.4, 0.5) is 56.0 Å². The average molecular weight is 1080 g/mol. The number of thiophene rings is 2. The first-order chi connectivity index (χ1) is 33.9. The van der Waals surface area contributed by atoms with Crippen LogP contribution in [0.3, 0.4) is 0 Å². The zero-order valence-electron chi connectivity index (χ0n) is 38.1. The summed E-state index contributed by atoms with van der Waals surface area (Å²) < 4.78 is 71.6. The van der Waals surface area contributed by atoms with Crippen molar-refractivity contribution in [2.75, 3.05) is 60.8 Å². The number of nitrogens with one attached hydrogen (secondary N) is 2. The number of ether oxygens (including phenoxy) is 2. The summed E-state index contributed by atoms with van der Waals surface area (Å²) in [4.78, 5) is 21.1. The quantitative estimate of drug-likeness (QED) is 0.0563. The second-order valence-electron chi connectivity index (χ2n) is 13.8. The van der Waals surface area contributed by atoms with E-state index in [1.807, 2.05) is 65.4 Å². The predicted octanol–water partition coefficient (Wildman–Crippen LogP) is 11.5. The van der Waals surface area contributed by atoms with Crippen LogP contribution in [0.25, 0.3) is 20.4 Å². The zero-order chi connectivity index (χ0) is 50.2. The van der Waals surface area contributed by atoms with E-state index in [0.717, 1.165) is 73.6 Å². The highest BCUT2D eigenvalue weighted by Gasteiger charge is 2.20.